The van der Waals surface area contributed by atoms with Crippen molar-refractivity contribution >= 4 is 29.2 Å². The Morgan fingerprint density at radius 1 is 1.00 bits per heavy atom. The van der Waals surface area contributed by atoms with Gasteiger partial charge >= 0.3 is 6.03 Å². The zero-order chi connectivity index (χ0) is 10.4. The second-order valence-corrected chi connectivity index (χ2v) is 3.21. The molecule has 1 saturated heterocycles. The molecular formula is C8H8N2O3S. The summed E-state index contributed by atoms with van der Waals surface area (Å²) in [6, 6.07) is 3.30. The van der Waals surface area contributed by atoms with Crippen LogP contribution in [0.15, 0.2) is 22.9 Å². The molecule has 0 spiro atoms. The van der Waals surface area contributed by atoms with Crippen LogP contribution in [-0.2, 0) is 9.59 Å². The third-order valence-electron chi connectivity index (χ3n) is 1.25. The lowest BCUT2D eigenvalue weighted by molar-refractivity contribution is -0.129. The van der Waals surface area contributed by atoms with E-state index in [9.17, 15) is 14.4 Å². The van der Waals surface area contributed by atoms with Gasteiger partial charge in [-0.1, -0.05) is 12.1 Å². The number of hydrogen-bond acceptors (Lipinski definition) is 4. The highest BCUT2D eigenvalue weighted by atomic mass is 32.1. The molecule has 0 saturated carbocycles. The predicted octanol–water partition coefficient (Wildman–Crippen LogP) is 0.491. The van der Waals surface area contributed by atoms with Crippen LogP contribution in [0.3, 0.4) is 0 Å². The lowest BCUT2D eigenvalue weighted by Gasteiger charge is -2.09. The third kappa shape index (κ3) is 3.81. The van der Waals surface area contributed by atoms with Gasteiger partial charge in [-0.2, -0.15) is 11.3 Å². The van der Waals surface area contributed by atoms with Crippen LogP contribution in [-0.4, -0.2) is 17.8 Å². The van der Waals surface area contributed by atoms with Crippen molar-refractivity contribution in [2.24, 2.45) is 0 Å². The maximum atomic E-state index is 10.3. The minimum Gasteiger partial charge on any atom is -0.277 e. The molecule has 1 fully saturated rings. The Bertz CT molecular complexity index is 272. The second-order valence-electron chi connectivity index (χ2n) is 2.40. The number of urea groups is 1. The van der Waals surface area contributed by atoms with Gasteiger partial charge in [0, 0.05) is 0 Å². The van der Waals surface area contributed by atoms with Crippen LogP contribution in [0, 0.1) is 0 Å². The molecule has 0 aromatic carbocycles. The molecule has 0 atom stereocenters. The maximum Gasteiger partial charge on any atom is 0.328 e. The molecule has 5 nitrogen and oxygen atoms in total. The minimum absolute atomic E-state index is 0.258. The van der Waals surface area contributed by atoms with Crippen LogP contribution >= 0.6 is 11.3 Å². The summed E-state index contributed by atoms with van der Waals surface area (Å²) in [6.45, 7) is 0. The summed E-state index contributed by atoms with van der Waals surface area (Å²) in [6.07, 6.45) is -0.258. The monoisotopic (exact) mass is 212 g/mol. The van der Waals surface area contributed by atoms with Gasteiger partial charge in [-0.05, 0) is 10.8 Å². The Kier molecular flexibility index (Phi) is 3.81. The van der Waals surface area contributed by atoms with Crippen molar-refractivity contribution in [3.8, 4) is 0 Å². The van der Waals surface area contributed by atoms with Crippen LogP contribution in [0.5, 0.6) is 0 Å². The number of thiophene rings is 1. The van der Waals surface area contributed by atoms with E-state index in [1.54, 1.807) is 11.3 Å². The number of nitrogens with one attached hydrogen (secondary N) is 2. The zero-order valence-electron chi connectivity index (χ0n) is 7.15. The standard InChI is InChI=1S/C4H4N2O3.C4H4S/c7-2-1-3(8)6-4(9)5-2;1-2-4-5-3-1/h1H2,(H2,5,6,7,8,9);1-4H. The summed E-state index contributed by atoms with van der Waals surface area (Å²) in [5.41, 5.74) is 0. The van der Waals surface area contributed by atoms with E-state index in [0.717, 1.165) is 0 Å². The summed E-state index contributed by atoms with van der Waals surface area (Å²) in [5.74, 6) is -1.10. The smallest absolute Gasteiger partial charge is 0.277 e. The molecule has 0 radical (unpaired) electrons. The van der Waals surface area contributed by atoms with Crippen molar-refractivity contribution in [1.29, 1.82) is 0 Å². The van der Waals surface area contributed by atoms with E-state index in [1.807, 2.05) is 33.5 Å². The fourth-order valence-electron chi connectivity index (χ4n) is 0.746. The summed E-state index contributed by atoms with van der Waals surface area (Å²) in [4.78, 5) is 30.8. The maximum absolute atomic E-state index is 10.3. The van der Waals surface area contributed by atoms with Gasteiger partial charge in [0.05, 0.1) is 0 Å². The van der Waals surface area contributed by atoms with Crippen molar-refractivity contribution in [2.75, 3.05) is 0 Å². The van der Waals surface area contributed by atoms with Gasteiger partial charge in [0.2, 0.25) is 11.8 Å². The fraction of sp³-hybridized carbons (Fsp3) is 0.125. The normalized spacial score (nSPS) is 15.0. The molecule has 2 rings (SSSR count). The second kappa shape index (κ2) is 5.13. The Morgan fingerprint density at radius 3 is 1.79 bits per heavy atom. The molecule has 1 aromatic heterocycles. The molecule has 0 unspecified atom stereocenters. The molecule has 74 valence electrons. The summed E-state index contributed by atoms with van der Waals surface area (Å²) in [5, 5.41) is 7.88. The highest BCUT2D eigenvalue weighted by Crippen LogP contribution is 1.91. The molecular weight excluding hydrogens is 204 g/mol. The van der Waals surface area contributed by atoms with Crippen LogP contribution in [0.1, 0.15) is 6.42 Å². The molecule has 4 amide bonds. The molecule has 1 aliphatic rings. The first-order valence-corrected chi connectivity index (χ1v) is 4.73. The van der Waals surface area contributed by atoms with Crippen LogP contribution in [0.25, 0.3) is 0 Å². The van der Waals surface area contributed by atoms with Crippen LogP contribution in [0.2, 0.25) is 0 Å². The van der Waals surface area contributed by atoms with E-state index in [2.05, 4.69) is 0 Å². The first-order valence-electron chi connectivity index (χ1n) is 3.79. The van der Waals surface area contributed by atoms with E-state index in [0.29, 0.717) is 0 Å². The number of rotatable bonds is 0. The summed E-state index contributed by atoms with van der Waals surface area (Å²) < 4.78 is 0. The van der Waals surface area contributed by atoms with Crippen LogP contribution < -0.4 is 10.6 Å². The lowest BCUT2D eigenvalue weighted by Crippen LogP contribution is -2.49. The van der Waals surface area contributed by atoms with Crippen molar-refractivity contribution in [1.82, 2.24) is 10.6 Å². The average Bonchev–Trinajstić information content (AvgIpc) is 2.56. The fourth-order valence-corrected chi connectivity index (χ4v) is 1.20. The quantitative estimate of drug-likeness (QED) is 0.614. The van der Waals surface area contributed by atoms with Gasteiger partial charge in [-0.15, -0.1) is 0 Å². The molecule has 1 aliphatic heterocycles. The first-order chi connectivity index (χ1) is 6.68. The van der Waals surface area contributed by atoms with Gasteiger partial charge in [0.15, 0.2) is 0 Å². The lowest BCUT2D eigenvalue weighted by atomic mass is 10.3. The number of hydrogen-bond donors (Lipinski definition) is 2. The Hall–Kier alpha value is -1.69. The van der Waals surface area contributed by atoms with Crippen molar-refractivity contribution in [3.63, 3.8) is 0 Å². The Labute approximate surface area is 84.1 Å². The first kappa shape index (κ1) is 10.4. The molecule has 2 heterocycles. The number of carbonyl (C=O) groups excluding carboxylic acids is 3. The molecule has 2 N–H and O–H groups in total. The number of amides is 4. The third-order valence-corrected chi connectivity index (χ3v) is 1.88. The molecule has 6 heteroatoms. The van der Waals surface area contributed by atoms with Gasteiger partial charge in [0.25, 0.3) is 0 Å². The van der Waals surface area contributed by atoms with Crippen molar-refractivity contribution in [3.05, 3.63) is 22.9 Å². The summed E-state index contributed by atoms with van der Waals surface area (Å²) in [7, 11) is 0. The highest BCUT2D eigenvalue weighted by molar-refractivity contribution is 7.07. The number of carbonyl (C=O) groups is 3. The predicted molar refractivity (Wildman–Crippen MR) is 50.6 cm³/mol. The zero-order valence-corrected chi connectivity index (χ0v) is 7.97. The van der Waals surface area contributed by atoms with E-state index in [-0.39, 0.29) is 6.42 Å². The van der Waals surface area contributed by atoms with Crippen molar-refractivity contribution < 1.29 is 14.4 Å². The largest absolute Gasteiger partial charge is 0.328 e. The highest BCUT2D eigenvalue weighted by Gasteiger charge is 2.20. The SMILES string of the molecule is O=C1CC(=O)NC(=O)N1.c1ccsc1. The van der Waals surface area contributed by atoms with Gasteiger partial charge in [0.1, 0.15) is 6.42 Å². The van der Waals surface area contributed by atoms with Crippen LogP contribution in [0.4, 0.5) is 4.79 Å². The van der Waals surface area contributed by atoms with E-state index in [1.165, 1.54) is 0 Å². The number of imide groups is 2. The van der Waals surface area contributed by atoms with Gasteiger partial charge in [-0.25, -0.2) is 4.79 Å². The van der Waals surface area contributed by atoms with E-state index in [4.69, 9.17) is 0 Å². The Morgan fingerprint density at radius 2 is 1.50 bits per heavy atom. The topological polar surface area (TPSA) is 75.3 Å². The minimum atomic E-state index is -0.740. The summed E-state index contributed by atoms with van der Waals surface area (Å²) >= 11 is 1.71. The molecule has 0 bridgehead atoms. The molecule has 0 aliphatic carbocycles. The average molecular weight is 212 g/mol. The van der Waals surface area contributed by atoms with Gasteiger partial charge < -0.3 is 0 Å². The molecule has 14 heavy (non-hydrogen) atoms. The van der Waals surface area contributed by atoms with Gasteiger partial charge in [-0.3, -0.25) is 20.2 Å². The van der Waals surface area contributed by atoms with E-state index >= 15 is 0 Å². The van der Waals surface area contributed by atoms with Crippen molar-refractivity contribution in [2.45, 2.75) is 6.42 Å². The molecule has 1 aromatic rings. The van der Waals surface area contributed by atoms with E-state index < -0.39 is 17.8 Å². The Balaban J connectivity index is 0.000000165. The number of barbiturate groups is 1.